The Morgan fingerprint density at radius 3 is 2.54 bits per heavy atom. The summed E-state index contributed by atoms with van der Waals surface area (Å²) >= 11 is 12.7. The number of aromatic nitrogens is 4. The Morgan fingerprint density at radius 2 is 1.81 bits per heavy atom. The van der Waals surface area contributed by atoms with Crippen molar-refractivity contribution in [2.75, 3.05) is 16.8 Å². The maximum atomic E-state index is 13.7. The van der Waals surface area contributed by atoms with E-state index in [0.717, 1.165) is 0 Å². The lowest BCUT2D eigenvalue weighted by Crippen LogP contribution is -2.42. The van der Waals surface area contributed by atoms with Gasteiger partial charge in [0.15, 0.2) is 5.82 Å². The van der Waals surface area contributed by atoms with Crippen molar-refractivity contribution in [3.05, 3.63) is 80.3 Å². The van der Waals surface area contributed by atoms with Gasteiger partial charge in [-0.25, -0.2) is 9.78 Å². The molecular weight excluding hydrogens is 517 g/mol. The molecule has 0 aliphatic heterocycles. The number of rotatable bonds is 6. The number of nitrogen functional groups attached to an aromatic ring is 2. The summed E-state index contributed by atoms with van der Waals surface area (Å²) < 4.78 is 7.23. The van der Waals surface area contributed by atoms with Gasteiger partial charge in [0.25, 0.3) is 5.56 Å². The van der Waals surface area contributed by atoms with Crippen molar-refractivity contribution in [2.45, 2.75) is 38.0 Å². The van der Waals surface area contributed by atoms with Gasteiger partial charge >= 0.3 is 5.97 Å². The molecule has 1 aliphatic rings. The molecule has 1 fully saturated rings. The Labute approximate surface area is 221 Å². The van der Waals surface area contributed by atoms with Gasteiger partial charge in [-0.3, -0.25) is 9.36 Å². The van der Waals surface area contributed by atoms with Crippen molar-refractivity contribution >= 4 is 57.7 Å². The summed E-state index contributed by atoms with van der Waals surface area (Å²) in [6, 6.07) is 13.1. The van der Waals surface area contributed by atoms with Crippen LogP contribution < -0.4 is 22.3 Å². The Kier molecular flexibility index (Phi) is 6.61. The van der Waals surface area contributed by atoms with E-state index in [9.17, 15) is 9.59 Å². The third-order valence-electron chi connectivity index (χ3n) is 6.26. The van der Waals surface area contributed by atoms with E-state index in [2.05, 4.69) is 15.3 Å². The Hall–Kier alpha value is -3.89. The topological polar surface area (TPSA) is 151 Å². The first-order valence-electron chi connectivity index (χ1n) is 11.5. The highest BCUT2D eigenvalue weighted by Crippen LogP contribution is 2.37. The summed E-state index contributed by atoms with van der Waals surface area (Å²) in [4.78, 5) is 38.9. The van der Waals surface area contributed by atoms with Crippen LogP contribution in [0.1, 0.15) is 48.0 Å². The van der Waals surface area contributed by atoms with Crippen molar-refractivity contribution in [3.8, 4) is 0 Å². The second kappa shape index (κ2) is 9.87. The highest BCUT2D eigenvalue weighted by Gasteiger charge is 2.37. The largest absolute Gasteiger partial charge is 0.459 e. The monoisotopic (exact) mass is 539 g/mol. The Morgan fingerprint density at radius 1 is 1.08 bits per heavy atom. The van der Waals surface area contributed by atoms with Gasteiger partial charge in [-0.15, -0.1) is 0 Å². The minimum Gasteiger partial charge on any atom is -0.459 e. The van der Waals surface area contributed by atoms with Crippen LogP contribution >= 0.6 is 23.2 Å². The first-order chi connectivity index (χ1) is 17.7. The quantitative estimate of drug-likeness (QED) is 0.303. The molecule has 2 heterocycles. The Bertz CT molecular complexity index is 1560. The molecule has 0 spiro atoms. The summed E-state index contributed by atoms with van der Waals surface area (Å²) in [5, 5.41) is 3.87. The van der Waals surface area contributed by atoms with Crippen LogP contribution in [-0.4, -0.2) is 31.6 Å². The van der Waals surface area contributed by atoms with Crippen LogP contribution in [0.3, 0.4) is 0 Å². The molecule has 1 atom stereocenters. The van der Waals surface area contributed by atoms with Gasteiger partial charge in [0.2, 0.25) is 5.95 Å². The fourth-order valence-corrected chi connectivity index (χ4v) is 4.75. The lowest BCUT2D eigenvalue weighted by Gasteiger charge is -2.37. The highest BCUT2D eigenvalue weighted by molar-refractivity contribution is 6.35. The van der Waals surface area contributed by atoms with Crippen LogP contribution in [0, 0.1) is 0 Å². The Balaban J connectivity index is 1.47. The van der Waals surface area contributed by atoms with Crippen molar-refractivity contribution in [3.63, 3.8) is 0 Å². The number of fused-ring (bicyclic) bond motifs is 1. The number of hydrogen-bond acceptors (Lipinski definition) is 9. The van der Waals surface area contributed by atoms with Gasteiger partial charge in [0.05, 0.1) is 27.5 Å². The predicted octanol–water partition coefficient (Wildman–Crippen LogP) is 4.39. The minimum atomic E-state index is -0.534. The third kappa shape index (κ3) is 4.77. The average Bonchev–Trinajstić information content (AvgIpc) is 2.85. The van der Waals surface area contributed by atoms with Crippen LogP contribution in [0.4, 0.5) is 17.6 Å². The third-order valence-corrected chi connectivity index (χ3v) is 6.95. The molecule has 0 saturated heterocycles. The zero-order valence-corrected chi connectivity index (χ0v) is 21.2. The lowest BCUT2D eigenvalue weighted by atomic mass is 9.88. The van der Waals surface area contributed by atoms with Gasteiger partial charge in [-0.05, 0) is 31.2 Å². The first kappa shape index (κ1) is 24.8. The molecule has 2 aromatic carbocycles. The first-order valence-corrected chi connectivity index (χ1v) is 12.3. The normalized spacial score (nSPS) is 17.7. The van der Waals surface area contributed by atoms with Crippen molar-refractivity contribution in [2.24, 2.45) is 0 Å². The number of halogens is 2. The van der Waals surface area contributed by atoms with Gasteiger partial charge in [-0.2, -0.15) is 9.97 Å². The van der Waals surface area contributed by atoms with Crippen LogP contribution in [0.25, 0.3) is 10.9 Å². The molecule has 1 aliphatic carbocycles. The van der Waals surface area contributed by atoms with E-state index in [1.807, 2.05) is 13.0 Å². The zero-order chi connectivity index (χ0) is 26.3. The van der Waals surface area contributed by atoms with Crippen molar-refractivity contribution in [1.82, 2.24) is 19.5 Å². The van der Waals surface area contributed by atoms with Crippen molar-refractivity contribution in [1.29, 1.82) is 0 Å². The maximum Gasteiger partial charge on any atom is 0.338 e. The second-order valence-electron chi connectivity index (χ2n) is 8.79. The van der Waals surface area contributed by atoms with Gasteiger partial charge in [0, 0.05) is 18.9 Å². The van der Waals surface area contributed by atoms with E-state index in [0.29, 0.717) is 40.2 Å². The fraction of sp³-hybridized carbons (Fsp3) is 0.240. The van der Waals surface area contributed by atoms with E-state index >= 15 is 0 Å². The van der Waals surface area contributed by atoms with Crippen LogP contribution in [0.15, 0.2) is 53.3 Å². The number of benzene rings is 2. The van der Waals surface area contributed by atoms with Gasteiger partial charge in [-0.1, -0.05) is 47.5 Å². The highest BCUT2D eigenvalue weighted by atomic mass is 35.5. The zero-order valence-electron chi connectivity index (χ0n) is 19.7. The van der Waals surface area contributed by atoms with Crippen LogP contribution in [-0.2, 0) is 4.74 Å². The molecule has 4 aromatic rings. The number of ether oxygens (including phenoxy) is 1. The number of nitrogens with two attached hydrogens (primary N) is 2. The summed E-state index contributed by atoms with van der Waals surface area (Å²) in [5.74, 6) is 0.231. The predicted molar refractivity (Wildman–Crippen MR) is 143 cm³/mol. The number of carbonyl (C=O) groups is 1. The molecule has 2 aromatic heterocycles. The maximum absolute atomic E-state index is 13.7. The lowest BCUT2D eigenvalue weighted by molar-refractivity contribution is -0.00915. The molecule has 0 bridgehead atoms. The molecular formula is C25H23Cl2N7O3. The van der Waals surface area contributed by atoms with E-state index in [-0.39, 0.29) is 40.3 Å². The SMILES string of the molecule is C[C@H](Nc1nc(N)nc(N)c1Cl)c1nc2cccc(Cl)c2c(=O)n1C1CC(OC(=O)c2ccccc2)C1. The molecule has 37 heavy (non-hydrogen) atoms. The number of nitrogens with one attached hydrogen (secondary N) is 1. The second-order valence-corrected chi connectivity index (χ2v) is 9.58. The van der Waals surface area contributed by atoms with Crippen LogP contribution in [0.5, 0.6) is 0 Å². The summed E-state index contributed by atoms with van der Waals surface area (Å²) in [6.07, 6.45) is 0.562. The fourth-order valence-electron chi connectivity index (χ4n) is 4.36. The van der Waals surface area contributed by atoms with Gasteiger partial charge < -0.3 is 21.5 Å². The van der Waals surface area contributed by atoms with Crippen LogP contribution in [0.2, 0.25) is 10.0 Å². The number of anilines is 3. The standard InChI is InChI=1S/C25H23Cl2N7O3/c1-12(30-21-19(27)20(28)32-25(29)33-21)22-31-17-9-5-8-16(26)18(17)23(35)34(22)14-10-15(11-14)37-24(36)13-6-3-2-4-7-13/h2-9,12,14-15H,10-11H2,1H3,(H5,28,29,30,32,33)/t12-,14?,15?/m0/s1. The molecule has 5 rings (SSSR count). The number of nitrogens with zero attached hydrogens (tertiary/aromatic N) is 4. The summed E-state index contributed by atoms with van der Waals surface area (Å²) in [5.41, 5.74) is 12.2. The number of esters is 1. The number of hydrogen-bond donors (Lipinski definition) is 3. The molecule has 10 nitrogen and oxygen atoms in total. The molecule has 0 unspecified atom stereocenters. The molecule has 0 amide bonds. The molecule has 12 heteroatoms. The number of carbonyl (C=O) groups excluding carboxylic acids is 1. The smallest absolute Gasteiger partial charge is 0.338 e. The molecule has 1 saturated carbocycles. The molecule has 5 N–H and O–H groups in total. The van der Waals surface area contributed by atoms with E-state index < -0.39 is 12.0 Å². The van der Waals surface area contributed by atoms with Gasteiger partial charge in [0.1, 0.15) is 22.8 Å². The summed E-state index contributed by atoms with van der Waals surface area (Å²) in [6.45, 7) is 1.81. The van der Waals surface area contributed by atoms with E-state index in [1.54, 1.807) is 47.0 Å². The van der Waals surface area contributed by atoms with E-state index in [1.165, 1.54) is 0 Å². The average molecular weight is 540 g/mol. The minimum absolute atomic E-state index is 0.0292. The summed E-state index contributed by atoms with van der Waals surface area (Å²) in [7, 11) is 0. The molecule has 190 valence electrons. The van der Waals surface area contributed by atoms with Crippen molar-refractivity contribution < 1.29 is 9.53 Å². The molecule has 0 radical (unpaired) electrons. The van der Waals surface area contributed by atoms with E-state index in [4.69, 9.17) is 44.4 Å².